The van der Waals surface area contributed by atoms with E-state index in [-0.39, 0.29) is 17.7 Å². The largest absolute Gasteiger partial charge is 0.458 e. The average Bonchev–Trinajstić information content (AvgIpc) is 3.19. The van der Waals surface area contributed by atoms with E-state index >= 15 is 0 Å². The predicted octanol–water partition coefficient (Wildman–Crippen LogP) is 3.37. The van der Waals surface area contributed by atoms with Crippen molar-refractivity contribution < 1.29 is 19.1 Å². The number of esters is 1. The van der Waals surface area contributed by atoms with Crippen molar-refractivity contribution in [2.45, 2.75) is 19.6 Å². The molecular weight excluding hydrogens is 405 g/mol. The second kappa shape index (κ2) is 6.92. The second-order valence-electron chi connectivity index (χ2n) is 6.28. The van der Waals surface area contributed by atoms with Crippen molar-refractivity contribution in [2.75, 3.05) is 0 Å². The topological polar surface area (TPSA) is 81.0 Å². The van der Waals surface area contributed by atoms with Gasteiger partial charge in [-0.3, -0.25) is 14.5 Å². The number of hydrogen-bond donors (Lipinski definition) is 0. The van der Waals surface area contributed by atoms with Gasteiger partial charge in [0.2, 0.25) is 0 Å². The second-order valence-corrected chi connectivity index (χ2v) is 7.12. The molecular formula is C19H13Cl2N3O4. The first kappa shape index (κ1) is 18.5. The molecule has 0 saturated carbocycles. The zero-order valence-corrected chi connectivity index (χ0v) is 16.1. The summed E-state index contributed by atoms with van der Waals surface area (Å²) >= 11 is 12.0. The Hall–Kier alpha value is -2.90. The first-order valence-corrected chi connectivity index (χ1v) is 9.08. The van der Waals surface area contributed by atoms with Crippen LogP contribution in [0.15, 0.2) is 42.7 Å². The van der Waals surface area contributed by atoms with E-state index in [2.05, 4.69) is 4.98 Å². The first-order chi connectivity index (χ1) is 13.4. The summed E-state index contributed by atoms with van der Waals surface area (Å²) < 4.78 is 6.89. The molecule has 28 heavy (non-hydrogen) atoms. The minimum absolute atomic E-state index is 0.137. The molecule has 1 unspecified atom stereocenters. The Morgan fingerprint density at radius 2 is 1.79 bits per heavy atom. The summed E-state index contributed by atoms with van der Waals surface area (Å²) in [5, 5.41) is 0.808. The van der Waals surface area contributed by atoms with Gasteiger partial charge in [0.25, 0.3) is 11.8 Å². The molecule has 9 heteroatoms. The number of amides is 2. The van der Waals surface area contributed by atoms with Crippen LogP contribution in [-0.4, -0.2) is 38.1 Å². The fourth-order valence-corrected chi connectivity index (χ4v) is 3.60. The number of benzene rings is 1. The van der Waals surface area contributed by atoms with Crippen LogP contribution in [0, 0.1) is 0 Å². The van der Waals surface area contributed by atoms with Gasteiger partial charge in [-0.15, -0.1) is 0 Å². The van der Waals surface area contributed by atoms with Gasteiger partial charge in [-0.05, 0) is 25.1 Å². The molecule has 3 aromatic rings. The van der Waals surface area contributed by atoms with Crippen LogP contribution in [0.4, 0.5) is 0 Å². The van der Waals surface area contributed by atoms with E-state index in [1.165, 1.54) is 6.92 Å². The number of nitrogens with zero attached hydrogens (tertiary/aromatic N) is 3. The van der Waals surface area contributed by atoms with Crippen LogP contribution < -0.4 is 0 Å². The molecule has 1 atom stereocenters. The lowest BCUT2D eigenvalue weighted by Crippen LogP contribution is -2.43. The van der Waals surface area contributed by atoms with E-state index in [1.54, 1.807) is 47.1 Å². The van der Waals surface area contributed by atoms with Crippen molar-refractivity contribution in [1.82, 2.24) is 14.3 Å². The van der Waals surface area contributed by atoms with Gasteiger partial charge in [-0.2, -0.15) is 0 Å². The molecule has 0 spiro atoms. The van der Waals surface area contributed by atoms with Gasteiger partial charge >= 0.3 is 5.97 Å². The van der Waals surface area contributed by atoms with Gasteiger partial charge in [0.1, 0.15) is 12.6 Å². The van der Waals surface area contributed by atoms with E-state index < -0.39 is 23.8 Å². The Morgan fingerprint density at radius 3 is 2.43 bits per heavy atom. The summed E-state index contributed by atoms with van der Waals surface area (Å²) in [5.74, 6) is -1.74. The number of aromatic nitrogens is 2. The molecule has 0 fully saturated rings. The van der Waals surface area contributed by atoms with Gasteiger partial charge < -0.3 is 9.14 Å². The molecule has 0 aliphatic carbocycles. The number of ether oxygens (including phenoxy) is 1. The molecule has 142 valence electrons. The molecule has 0 N–H and O–H groups in total. The molecule has 1 aromatic carbocycles. The number of imidazole rings is 1. The predicted molar refractivity (Wildman–Crippen MR) is 101 cm³/mol. The number of carbonyl (C=O) groups excluding carboxylic acids is 3. The Balaban J connectivity index is 1.48. The van der Waals surface area contributed by atoms with Crippen molar-refractivity contribution in [3.8, 4) is 0 Å². The van der Waals surface area contributed by atoms with Crippen molar-refractivity contribution in [2.24, 2.45) is 0 Å². The zero-order valence-electron chi connectivity index (χ0n) is 14.6. The SMILES string of the molecule is CC(C(=O)OCc1cn2cc(Cl)cc(Cl)c2n1)N1C(=O)c2ccccc2C1=O. The van der Waals surface area contributed by atoms with Gasteiger partial charge in [0.15, 0.2) is 5.65 Å². The van der Waals surface area contributed by atoms with Crippen LogP contribution in [0.2, 0.25) is 10.0 Å². The molecule has 2 amide bonds. The average molecular weight is 418 g/mol. The zero-order chi connectivity index (χ0) is 20.0. The number of halogens is 2. The molecule has 0 bridgehead atoms. The van der Waals surface area contributed by atoms with Gasteiger partial charge in [0, 0.05) is 12.4 Å². The third-order valence-electron chi connectivity index (χ3n) is 4.44. The Bertz CT molecular complexity index is 1110. The highest BCUT2D eigenvalue weighted by Gasteiger charge is 2.41. The highest BCUT2D eigenvalue weighted by molar-refractivity contribution is 6.36. The summed E-state index contributed by atoms with van der Waals surface area (Å²) in [6, 6.07) is 6.93. The van der Waals surface area contributed by atoms with Crippen LogP contribution in [0.5, 0.6) is 0 Å². The van der Waals surface area contributed by atoms with Crippen LogP contribution in [0.25, 0.3) is 5.65 Å². The van der Waals surface area contributed by atoms with Crippen molar-refractivity contribution >= 4 is 46.6 Å². The smallest absolute Gasteiger partial charge is 0.329 e. The number of rotatable bonds is 4. The quantitative estimate of drug-likeness (QED) is 0.480. The summed E-state index contributed by atoms with van der Waals surface area (Å²) in [5.41, 5.74) is 1.48. The molecule has 0 saturated heterocycles. The van der Waals surface area contributed by atoms with E-state index in [1.807, 2.05) is 0 Å². The number of carbonyl (C=O) groups is 3. The Labute approximate surface area is 169 Å². The van der Waals surface area contributed by atoms with Gasteiger partial charge in [-0.1, -0.05) is 35.3 Å². The number of imide groups is 1. The molecule has 2 aromatic heterocycles. The maximum absolute atomic E-state index is 12.5. The Kier molecular flexibility index (Phi) is 4.56. The molecule has 1 aliphatic heterocycles. The maximum atomic E-state index is 12.5. The number of pyridine rings is 1. The number of fused-ring (bicyclic) bond motifs is 2. The third-order valence-corrected chi connectivity index (χ3v) is 4.92. The lowest BCUT2D eigenvalue weighted by molar-refractivity contribution is -0.149. The molecule has 3 heterocycles. The molecule has 1 aliphatic rings. The highest BCUT2D eigenvalue weighted by atomic mass is 35.5. The summed E-state index contributed by atoms with van der Waals surface area (Å²) in [6.45, 7) is 1.31. The fourth-order valence-electron chi connectivity index (χ4n) is 3.08. The van der Waals surface area contributed by atoms with Gasteiger partial charge in [0.05, 0.1) is 26.9 Å². The maximum Gasteiger partial charge on any atom is 0.329 e. The van der Waals surface area contributed by atoms with Gasteiger partial charge in [-0.25, -0.2) is 9.78 Å². The standard InChI is InChI=1S/C19H13Cl2N3O4/c1-10(24-17(25)13-4-2-3-5-14(13)18(24)26)19(27)28-9-12-8-23-7-11(20)6-15(21)16(23)22-12/h2-8,10H,9H2,1H3. The summed E-state index contributed by atoms with van der Waals surface area (Å²) in [7, 11) is 0. The lowest BCUT2D eigenvalue weighted by Gasteiger charge is -2.20. The lowest BCUT2D eigenvalue weighted by atomic mass is 10.1. The Morgan fingerprint density at radius 1 is 1.14 bits per heavy atom. The fraction of sp³-hybridized carbons (Fsp3) is 0.158. The van der Waals surface area contributed by atoms with E-state index in [9.17, 15) is 14.4 Å². The van der Waals surface area contributed by atoms with E-state index in [0.29, 0.717) is 21.4 Å². The van der Waals surface area contributed by atoms with Crippen LogP contribution in [0.1, 0.15) is 33.3 Å². The minimum atomic E-state index is -1.07. The summed E-state index contributed by atoms with van der Waals surface area (Å²) in [4.78, 5) is 42.6. The molecule has 7 nitrogen and oxygen atoms in total. The molecule has 4 rings (SSSR count). The number of hydrogen-bond acceptors (Lipinski definition) is 5. The molecule has 0 radical (unpaired) electrons. The van der Waals surface area contributed by atoms with Crippen LogP contribution >= 0.6 is 23.2 Å². The van der Waals surface area contributed by atoms with Crippen molar-refractivity contribution in [3.63, 3.8) is 0 Å². The first-order valence-electron chi connectivity index (χ1n) is 8.33. The third kappa shape index (κ3) is 3.02. The van der Waals surface area contributed by atoms with Crippen LogP contribution in [0.3, 0.4) is 0 Å². The van der Waals surface area contributed by atoms with E-state index in [4.69, 9.17) is 27.9 Å². The highest BCUT2D eigenvalue weighted by Crippen LogP contribution is 2.25. The van der Waals surface area contributed by atoms with Crippen molar-refractivity contribution in [3.05, 3.63) is 69.6 Å². The summed E-state index contributed by atoms with van der Waals surface area (Å²) in [6.07, 6.45) is 3.26. The monoisotopic (exact) mass is 417 g/mol. The normalized spacial score (nSPS) is 14.5. The van der Waals surface area contributed by atoms with E-state index in [0.717, 1.165) is 4.90 Å². The van der Waals surface area contributed by atoms with Crippen molar-refractivity contribution in [1.29, 1.82) is 0 Å². The minimum Gasteiger partial charge on any atom is -0.458 e. The van der Waals surface area contributed by atoms with Crippen LogP contribution in [-0.2, 0) is 16.1 Å².